The van der Waals surface area contributed by atoms with E-state index in [0.717, 1.165) is 5.56 Å². The summed E-state index contributed by atoms with van der Waals surface area (Å²) in [5, 5.41) is 7.78. The second kappa shape index (κ2) is 11.7. The third-order valence-electron chi connectivity index (χ3n) is 3.87. The summed E-state index contributed by atoms with van der Waals surface area (Å²) in [6, 6.07) is 5.97. The lowest BCUT2D eigenvalue weighted by Gasteiger charge is -2.21. The molecule has 0 aliphatic heterocycles. The van der Waals surface area contributed by atoms with Crippen LogP contribution in [0.1, 0.15) is 25.8 Å². The number of hydrogen-bond acceptors (Lipinski definition) is 6. The van der Waals surface area contributed by atoms with Crippen LogP contribution in [-0.2, 0) is 30.3 Å². The molecule has 1 unspecified atom stereocenters. The number of esters is 1. The lowest BCUT2D eigenvalue weighted by atomic mass is 10.0. The van der Waals surface area contributed by atoms with E-state index < -0.39 is 17.9 Å². The molecule has 0 saturated heterocycles. The number of carbonyl (C=O) groups excluding carboxylic acids is 4. The molecule has 0 saturated carbocycles. The largest absolute Gasteiger partial charge is 0.469 e. The molecule has 9 nitrogen and oxygen atoms in total. The molecule has 0 radical (unpaired) electrons. The van der Waals surface area contributed by atoms with Gasteiger partial charge in [-0.1, -0.05) is 26.0 Å². The number of methoxy groups -OCH3 is 1. The van der Waals surface area contributed by atoms with Gasteiger partial charge in [-0.25, -0.2) is 0 Å². The van der Waals surface area contributed by atoms with E-state index in [1.165, 1.54) is 7.11 Å². The molecule has 5 N–H and O–H groups in total. The van der Waals surface area contributed by atoms with Crippen molar-refractivity contribution < 1.29 is 23.9 Å². The summed E-state index contributed by atoms with van der Waals surface area (Å²) in [7, 11) is 1.32. The Bertz CT molecular complexity index is 688. The number of benzene rings is 1. The Kier molecular flexibility index (Phi) is 9.66. The smallest absolute Gasteiger partial charge is 0.309 e. The van der Waals surface area contributed by atoms with Crippen molar-refractivity contribution in [3.63, 3.8) is 0 Å². The number of amides is 3. The lowest BCUT2D eigenvalue weighted by Crippen LogP contribution is -2.51. The zero-order valence-corrected chi connectivity index (χ0v) is 16.4. The van der Waals surface area contributed by atoms with Crippen LogP contribution < -0.4 is 21.7 Å². The van der Waals surface area contributed by atoms with Crippen molar-refractivity contribution in [2.45, 2.75) is 32.7 Å². The predicted molar refractivity (Wildman–Crippen MR) is 104 cm³/mol. The van der Waals surface area contributed by atoms with Gasteiger partial charge in [0.15, 0.2) is 0 Å². The standard InChI is InChI=1S/C19H28N4O5/c1-12(2)18(23-15(24)8-9-20)19(27)21-11-16(25)22-14-6-4-13(5-7-14)10-17(26)28-3/h4-7,12,18H,8-11,20H2,1-3H3,(H,21,27)(H,22,25)(H,23,24). The van der Waals surface area contributed by atoms with E-state index in [1.807, 2.05) is 0 Å². The first-order valence-corrected chi connectivity index (χ1v) is 8.99. The summed E-state index contributed by atoms with van der Waals surface area (Å²) >= 11 is 0. The van der Waals surface area contributed by atoms with Crippen LogP contribution in [-0.4, -0.2) is 49.9 Å². The summed E-state index contributed by atoms with van der Waals surface area (Å²) in [6.45, 7) is 3.55. The molecule has 0 fully saturated rings. The van der Waals surface area contributed by atoms with E-state index in [4.69, 9.17) is 5.73 Å². The number of ether oxygens (including phenoxy) is 1. The Hall–Kier alpha value is -2.94. The van der Waals surface area contributed by atoms with Crippen LogP contribution >= 0.6 is 0 Å². The van der Waals surface area contributed by atoms with Crippen LogP contribution in [0.5, 0.6) is 0 Å². The summed E-state index contributed by atoms with van der Waals surface area (Å²) in [6.07, 6.45) is 0.274. The maximum absolute atomic E-state index is 12.3. The molecule has 0 spiro atoms. The van der Waals surface area contributed by atoms with Gasteiger partial charge in [0.05, 0.1) is 20.1 Å². The number of hydrogen-bond donors (Lipinski definition) is 4. The second-order valence-electron chi connectivity index (χ2n) is 6.54. The first-order chi connectivity index (χ1) is 13.3. The van der Waals surface area contributed by atoms with Crippen molar-refractivity contribution in [3.05, 3.63) is 29.8 Å². The average Bonchev–Trinajstić information content (AvgIpc) is 2.65. The topological polar surface area (TPSA) is 140 Å². The third kappa shape index (κ3) is 8.17. The van der Waals surface area contributed by atoms with E-state index in [-0.39, 0.29) is 43.7 Å². The predicted octanol–water partition coefficient (Wildman–Crippen LogP) is -0.0536. The van der Waals surface area contributed by atoms with E-state index in [0.29, 0.717) is 5.69 Å². The fourth-order valence-electron chi connectivity index (χ4n) is 2.34. The minimum atomic E-state index is -0.746. The Balaban J connectivity index is 2.52. The highest BCUT2D eigenvalue weighted by atomic mass is 16.5. The number of nitrogens with one attached hydrogen (secondary N) is 3. The van der Waals surface area contributed by atoms with Gasteiger partial charge in [0, 0.05) is 18.7 Å². The van der Waals surface area contributed by atoms with Gasteiger partial charge in [-0.15, -0.1) is 0 Å². The molecule has 28 heavy (non-hydrogen) atoms. The van der Waals surface area contributed by atoms with Crippen molar-refractivity contribution in [1.29, 1.82) is 0 Å². The molecule has 3 amide bonds. The highest BCUT2D eigenvalue weighted by molar-refractivity contribution is 5.96. The minimum absolute atomic E-state index is 0.128. The fourth-order valence-corrected chi connectivity index (χ4v) is 2.34. The molecule has 154 valence electrons. The van der Waals surface area contributed by atoms with E-state index >= 15 is 0 Å². The van der Waals surface area contributed by atoms with Gasteiger partial charge >= 0.3 is 5.97 Å². The van der Waals surface area contributed by atoms with Crippen molar-refractivity contribution in [3.8, 4) is 0 Å². The van der Waals surface area contributed by atoms with Crippen LogP contribution in [0, 0.1) is 5.92 Å². The van der Waals surface area contributed by atoms with E-state index in [1.54, 1.807) is 38.1 Å². The van der Waals surface area contributed by atoms with E-state index in [2.05, 4.69) is 20.7 Å². The molecule has 1 aromatic rings. The Morgan fingerprint density at radius 2 is 1.71 bits per heavy atom. The second-order valence-corrected chi connectivity index (χ2v) is 6.54. The highest BCUT2D eigenvalue weighted by Gasteiger charge is 2.24. The van der Waals surface area contributed by atoms with Crippen molar-refractivity contribution in [1.82, 2.24) is 10.6 Å². The Morgan fingerprint density at radius 3 is 2.25 bits per heavy atom. The first-order valence-electron chi connectivity index (χ1n) is 8.99. The molecule has 1 rings (SSSR count). The van der Waals surface area contributed by atoms with Crippen LogP contribution in [0.4, 0.5) is 5.69 Å². The Labute approximate surface area is 164 Å². The summed E-state index contributed by atoms with van der Waals surface area (Å²) in [4.78, 5) is 47.2. The SMILES string of the molecule is COC(=O)Cc1ccc(NC(=O)CNC(=O)C(NC(=O)CCN)C(C)C)cc1. The maximum Gasteiger partial charge on any atom is 0.309 e. The number of nitrogens with two attached hydrogens (primary N) is 1. The molecule has 0 aliphatic rings. The molecule has 9 heteroatoms. The molecule has 0 heterocycles. The average molecular weight is 392 g/mol. The van der Waals surface area contributed by atoms with Gasteiger partial charge in [0.2, 0.25) is 17.7 Å². The van der Waals surface area contributed by atoms with Crippen LogP contribution in [0.3, 0.4) is 0 Å². The van der Waals surface area contributed by atoms with Crippen LogP contribution in [0.15, 0.2) is 24.3 Å². The zero-order chi connectivity index (χ0) is 21.1. The van der Waals surface area contributed by atoms with Gasteiger partial charge in [0.1, 0.15) is 6.04 Å². The van der Waals surface area contributed by atoms with Crippen molar-refractivity contribution >= 4 is 29.4 Å². The number of anilines is 1. The molecular weight excluding hydrogens is 364 g/mol. The van der Waals surface area contributed by atoms with Crippen LogP contribution in [0.25, 0.3) is 0 Å². The van der Waals surface area contributed by atoms with Gasteiger partial charge in [-0.05, 0) is 23.6 Å². The first kappa shape index (κ1) is 23.1. The van der Waals surface area contributed by atoms with Crippen molar-refractivity contribution in [2.24, 2.45) is 11.7 Å². The zero-order valence-electron chi connectivity index (χ0n) is 16.4. The minimum Gasteiger partial charge on any atom is -0.469 e. The lowest BCUT2D eigenvalue weighted by molar-refractivity contribution is -0.139. The molecule has 1 atom stereocenters. The molecule has 0 bridgehead atoms. The molecular formula is C19H28N4O5. The van der Waals surface area contributed by atoms with Crippen LogP contribution in [0.2, 0.25) is 0 Å². The quantitative estimate of drug-likeness (QED) is 0.412. The van der Waals surface area contributed by atoms with Gasteiger partial charge in [-0.2, -0.15) is 0 Å². The van der Waals surface area contributed by atoms with Gasteiger partial charge in [-0.3, -0.25) is 19.2 Å². The fraction of sp³-hybridized carbons (Fsp3) is 0.474. The number of rotatable bonds is 10. The summed E-state index contributed by atoms with van der Waals surface area (Å²) in [5.41, 5.74) is 6.62. The van der Waals surface area contributed by atoms with E-state index in [9.17, 15) is 19.2 Å². The summed E-state index contributed by atoms with van der Waals surface area (Å²) < 4.78 is 4.60. The third-order valence-corrected chi connectivity index (χ3v) is 3.87. The summed E-state index contributed by atoms with van der Waals surface area (Å²) in [5.74, 6) is -1.66. The number of carbonyl (C=O) groups is 4. The monoisotopic (exact) mass is 392 g/mol. The van der Waals surface area contributed by atoms with Gasteiger partial charge in [0.25, 0.3) is 0 Å². The molecule has 0 aromatic heterocycles. The molecule has 1 aromatic carbocycles. The van der Waals surface area contributed by atoms with Gasteiger partial charge < -0.3 is 26.4 Å². The molecule has 0 aliphatic carbocycles. The van der Waals surface area contributed by atoms with Crippen molar-refractivity contribution in [2.75, 3.05) is 25.5 Å². The highest BCUT2D eigenvalue weighted by Crippen LogP contribution is 2.10. The Morgan fingerprint density at radius 1 is 1.07 bits per heavy atom. The maximum atomic E-state index is 12.3. The normalized spacial score (nSPS) is 11.5.